The summed E-state index contributed by atoms with van der Waals surface area (Å²) in [5.41, 5.74) is 2.32. The number of halogens is 1. The lowest BCUT2D eigenvalue weighted by Crippen LogP contribution is -2.06. The molecule has 0 radical (unpaired) electrons. The molecule has 0 saturated heterocycles. The fourth-order valence-corrected chi connectivity index (χ4v) is 3.04. The first kappa shape index (κ1) is 17.2. The molecule has 0 unspecified atom stereocenters. The van der Waals surface area contributed by atoms with E-state index in [4.69, 9.17) is 20.8 Å². The number of anilines is 2. The van der Waals surface area contributed by atoms with E-state index in [0.717, 1.165) is 5.76 Å². The van der Waals surface area contributed by atoms with Crippen LogP contribution < -0.4 is 5.32 Å². The zero-order chi connectivity index (χ0) is 19.0. The van der Waals surface area contributed by atoms with Crippen LogP contribution in [0.25, 0.3) is 17.1 Å². The van der Waals surface area contributed by atoms with Crippen LogP contribution in [-0.4, -0.2) is 22.5 Å². The number of aromatic nitrogens is 2. The molecular weight excluding hydrogens is 366 g/mol. The largest absolute Gasteiger partial charge is 0.465 e. The summed E-state index contributed by atoms with van der Waals surface area (Å²) in [4.78, 5) is 16.8. The van der Waals surface area contributed by atoms with Crippen LogP contribution in [0.5, 0.6) is 0 Å². The topological polar surface area (TPSA) is 68.8 Å². The Morgan fingerprint density at radius 2 is 2.00 bits per heavy atom. The van der Waals surface area contributed by atoms with Gasteiger partial charge in [0.1, 0.15) is 22.9 Å². The van der Waals surface area contributed by atoms with Crippen molar-refractivity contribution >= 4 is 34.7 Å². The maximum absolute atomic E-state index is 12.1. The van der Waals surface area contributed by atoms with Crippen LogP contribution in [0, 0.1) is 6.92 Å². The molecule has 1 aromatic carbocycles. The number of nitrogens with zero attached hydrogens (tertiary/aromatic N) is 2. The molecule has 1 N–H and O–H groups in total. The highest BCUT2D eigenvalue weighted by atomic mass is 35.5. The zero-order valence-electron chi connectivity index (χ0n) is 14.7. The molecule has 6 nitrogen and oxygen atoms in total. The van der Waals surface area contributed by atoms with Gasteiger partial charge in [0.25, 0.3) is 0 Å². The fraction of sp³-hybridized carbons (Fsp3) is 0.100. The highest BCUT2D eigenvalue weighted by molar-refractivity contribution is 6.30. The number of aryl methyl sites for hydroxylation is 1. The van der Waals surface area contributed by atoms with Crippen molar-refractivity contribution in [1.29, 1.82) is 0 Å². The molecule has 0 fully saturated rings. The summed E-state index contributed by atoms with van der Waals surface area (Å²) in [7, 11) is 1.35. The third-order valence-electron chi connectivity index (χ3n) is 4.14. The van der Waals surface area contributed by atoms with Gasteiger partial charge in [-0.05, 0) is 43.3 Å². The number of nitrogens with one attached hydrogen (secondary N) is 1. The summed E-state index contributed by atoms with van der Waals surface area (Å²) in [6, 6.07) is 14.4. The van der Waals surface area contributed by atoms with Gasteiger partial charge >= 0.3 is 5.97 Å². The van der Waals surface area contributed by atoms with E-state index in [1.807, 2.05) is 35.6 Å². The SMILES string of the molecule is COC(=O)c1ccccc1Nc1c(-c2ccc(C)o2)nc2ccc(Cl)cn12. The number of benzene rings is 1. The van der Waals surface area contributed by atoms with Crippen molar-refractivity contribution in [1.82, 2.24) is 9.38 Å². The molecule has 0 spiro atoms. The molecule has 4 aromatic rings. The number of methoxy groups -OCH3 is 1. The van der Waals surface area contributed by atoms with Crippen molar-refractivity contribution in [2.75, 3.05) is 12.4 Å². The Morgan fingerprint density at radius 1 is 1.19 bits per heavy atom. The first-order chi connectivity index (χ1) is 13.1. The van der Waals surface area contributed by atoms with Crippen molar-refractivity contribution in [2.24, 2.45) is 0 Å². The molecule has 3 heterocycles. The lowest BCUT2D eigenvalue weighted by molar-refractivity contribution is 0.0602. The van der Waals surface area contributed by atoms with Gasteiger partial charge in [0.05, 0.1) is 23.4 Å². The van der Waals surface area contributed by atoms with E-state index in [1.54, 1.807) is 30.5 Å². The maximum atomic E-state index is 12.1. The molecule has 4 rings (SSSR count). The molecule has 0 aliphatic rings. The lowest BCUT2D eigenvalue weighted by atomic mass is 10.1. The molecule has 136 valence electrons. The smallest absolute Gasteiger partial charge is 0.339 e. The number of rotatable bonds is 4. The minimum Gasteiger partial charge on any atom is -0.465 e. The number of imidazole rings is 1. The van der Waals surface area contributed by atoms with Crippen LogP contribution in [-0.2, 0) is 4.74 Å². The monoisotopic (exact) mass is 381 g/mol. The van der Waals surface area contributed by atoms with Gasteiger partial charge in [-0.25, -0.2) is 9.78 Å². The lowest BCUT2D eigenvalue weighted by Gasteiger charge is -2.11. The third-order valence-corrected chi connectivity index (χ3v) is 4.37. The average molecular weight is 382 g/mol. The number of furan rings is 1. The standard InChI is InChI=1S/C20H16ClN3O3/c1-12-7-9-16(27-12)18-19(24-11-13(21)8-10-17(24)23-18)22-15-6-4-3-5-14(15)20(25)26-2/h3-11,22H,1-2H3. The Bertz CT molecular complexity index is 1150. The Morgan fingerprint density at radius 3 is 2.74 bits per heavy atom. The molecule has 0 amide bonds. The second-order valence-corrected chi connectivity index (χ2v) is 6.39. The number of esters is 1. The Labute approximate surface area is 160 Å². The predicted octanol–water partition coefficient (Wildman–Crippen LogP) is 5.09. The Hall–Kier alpha value is -3.25. The van der Waals surface area contributed by atoms with Gasteiger partial charge in [0, 0.05) is 6.20 Å². The van der Waals surface area contributed by atoms with E-state index < -0.39 is 5.97 Å². The van der Waals surface area contributed by atoms with Gasteiger partial charge in [-0.15, -0.1) is 0 Å². The van der Waals surface area contributed by atoms with Gasteiger partial charge < -0.3 is 14.5 Å². The highest BCUT2D eigenvalue weighted by Crippen LogP contribution is 2.33. The number of ether oxygens (including phenoxy) is 1. The third kappa shape index (κ3) is 3.15. The van der Waals surface area contributed by atoms with Crippen molar-refractivity contribution in [2.45, 2.75) is 6.92 Å². The molecule has 0 atom stereocenters. The average Bonchev–Trinajstić information content (AvgIpc) is 3.25. The maximum Gasteiger partial charge on any atom is 0.339 e. The molecule has 7 heteroatoms. The summed E-state index contributed by atoms with van der Waals surface area (Å²) in [5, 5.41) is 3.86. The molecule has 0 aliphatic heterocycles. The van der Waals surface area contributed by atoms with E-state index in [1.165, 1.54) is 7.11 Å². The number of para-hydroxylation sites is 1. The molecule has 0 aliphatic carbocycles. The van der Waals surface area contributed by atoms with Crippen molar-refractivity contribution < 1.29 is 13.9 Å². The second-order valence-electron chi connectivity index (χ2n) is 5.96. The fourth-order valence-electron chi connectivity index (χ4n) is 2.88. The van der Waals surface area contributed by atoms with Gasteiger partial charge in [-0.3, -0.25) is 4.40 Å². The minimum absolute atomic E-state index is 0.415. The molecule has 3 aromatic heterocycles. The predicted molar refractivity (Wildman–Crippen MR) is 104 cm³/mol. The van der Waals surface area contributed by atoms with Crippen molar-refractivity contribution in [3.8, 4) is 11.5 Å². The first-order valence-corrected chi connectivity index (χ1v) is 8.63. The molecule has 27 heavy (non-hydrogen) atoms. The number of fused-ring (bicyclic) bond motifs is 1. The minimum atomic E-state index is -0.430. The molecule has 0 bridgehead atoms. The highest BCUT2D eigenvalue weighted by Gasteiger charge is 2.20. The van der Waals surface area contributed by atoms with E-state index in [2.05, 4.69) is 10.3 Å². The Balaban J connectivity index is 1.91. The summed E-state index contributed by atoms with van der Waals surface area (Å²) in [5.74, 6) is 1.60. The van der Waals surface area contributed by atoms with Crippen LogP contribution in [0.4, 0.5) is 11.5 Å². The normalized spacial score (nSPS) is 10.9. The van der Waals surface area contributed by atoms with Crippen molar-refractivity contribution in [3.05, 3.63) is 71.1 Å². The summed E-state index contributed by atoms with van der Waals surface area (Å²) < 4.78 is 12.5. The van der Waals surface area contributed by atoms with Gasteiger partial charge in [-0.2, -0.15) is 0 Å². The summed E-state index contributed by atoms with van der Waals surface area (Å²) >= 11 is 6.18. The second kappa shape index (κ2) is 6.81. The zero-order valence-corrected chi connectivity index (χ0v) is 15.4. The quantitative estimate of drug-likeness (QED) is 0.499. The molecular formula is C20H16ClN3O3. The number of hydrogen-bond acceptors (Lipinski definition) is 5. The number of hydrogen-bond donors (Lipinski definition) is 1. The van der Waals surface area contributed by atoms with E-state index >= 15 is 0 Å². The van der Waals surface area contributed by atoms with Crippen LogP contribution in [0.3, 0.4) is 0 Å². The van der Waals surface area contributed by atoms with Gasteiger partial charge in [0.15, 0.2) is 5.76 Å². The van der Waals surface area contributed by atoms with E-state index in [9.17, 15) is 4.79 Å². The van der Waals surface area contributed by atoms with E-state index in [0.29, 0.717) is 39.2 Å². The van der Waals surface area contributed by atoms with Crippen LogP contribution in [0.15, 0.2) is 59.1 Å². The molecule has 0 saturated carbocycles. The van der Waals surface area contributed by atoms with Crippen LogP contribution in [0.1, 0.15) is 16.1 Å². The van der Waals surface area contributed by atoms with Gasteiger partial charge in [0.2, 0.25) is 0 Å². The van der Waals surface area contributed by atoms with Gasteiger partial charge in [-0.1, -0.05) is 23.7 Å². The number of carbonyl (C=O) groups excluding carboxylic acids is 1. The summed E-state index contributed by atoms with van der Waals surface area (Å²) in [6.45, 7) is 1.87. The number of pyridine rings is 1. The van der Waals surface area contributed by atoms with Crippen molar-refractivity contribution in [3.63, 3.8) is 0 Å². The summed E-state index contributed by atoms with van der Waals surface area (Å²) in [6.07, 6.45) is 1.76. The Kier molecular flexibility index (Phi) is 4.33. The van der Waals surface area contributed by atoms with E-state index in [-0.39, 0.29) is 0 Å². The van der Waals surface area contributed by atoms with Crippen LogP contribution >= 0.6 is 11.6 Å². The first-order valence-electron chi connectivity index (χ1n) is 8.25. The van der Waals surface area contributed by atoms with Crippen LogP contribution in [0.2, 0.25) is 5.02 Å². The number of carbonyl (C=O) groups is 1.